The van der Waals surface area contributed by atoms with Crippen molar-refractivity contribution in [3.63, 3.8) is 0 Å². The summed E-state index contributed by atoms with van der Waals surface area (Å²) in [6.45, 7) is -0.325. The Balaban J connectivity index is 2.66. The molecule has 6 heteroatoms. The smallest absolute Gasteiger partial charge is 0.335 e. The van der Waals surface area contributed by atoms with Crippen LogP contribution in [0.3, 0.4) is 0 Å². The van der Waals surface area contributed by atoms with Crippen LogP contribution in [0.1, 0.15) is 5.56 Å². The molecule has 0 bridgehead atoms. The number of hydrogen-bond donors (Lipinski definition) is 1. The summed E-state index contributed by atoms with van der Waals surface area (Å²) in [6, 6.07) is 6.33. The Hall–Kier alpha value is -2.08. The van der Waals surface area contributed by atoms with Crippen molar-refractivity contribution in [3.8, 4) is 5.75 Å². The molecule has 0 fully saturated rings. The van der Waals surface area contributed by atoms with Crippen LogP contribution in [0.2, 0.25) is 0 Å². The molecule has 1 atom stereocenters. The summed E-state index contributed by atoms with van der Waals surface area (Å²) in [5.74, 6) is -1.01. The zero-order chi connectivity index (χ0) is 14.3. The number of aromatic hydroxyl groups is 1. The first-order chi connectivity index (χ1) is 9.06. The highest BCUT2D eigenvalue weighted by atomic mass is 16.6. The number of methoxy groups -OCH3 is 2. The summed E-state index contributed by atoms with van der Waals surface area (Å²) >= 11 is 0. The monoisotopic (exact) mass is 268 g/mol. The van der Waals surface area contributed by atoms with E-state index in [4.69, 9.17) is 4.74 Å². The molecule has 0 heterocycles. The van der Waals surface area contributed by atoms with Crippen LogP contribution in [0.15, 0.2) is 24.3 Å². The molecule has 104 valence electrons. The van der Waals surface area contributed by atoms with Crippen LogP contribution >= 0.6 is 0 Å². The average Bonchev–Trinajstić information content (AvgIpc) is 2.44. The first kappa shape index (κ1) is 15.0. The minimum atomic E-state index is -0.895. The minimum Gasteiger partial charge on any atom is -0.508 e. The SMILES string of the molecule is COC(=O)COC(Cc1ccc(O)cc1)C(=O)OC. The number of phenols is 1. The molecule has 0 aliphatic heterocycles. The standard InChI is InChI=1S/C13H16O6/c1-17-12(15)8-19-11(13(16)18-2)7-9-3-5-10(14)6-4-9/h3-6,11,14H,7-8H2,1-2H3. The van der Waals surface area contributed by atoms with Crippen molar-refractivity contribution in [2.45, 2.75) is 12.5 Å². The van der Waals surface area contributed by atoms with Gasteiger partial charge in [0.1, 0.15) is 12.4 Å². The van der Waals surface area contributed by atoms with E-state index in [1.54, 1.807) is 12.1 Å². The van der Waals surface area contributed by atoms with E-state index in [-0.39, 0.29) is 18.8 Å². The van der Waals surface area contributed by atoms with E-state index in [0.29, 0.717) is 0 Å². The van der Waals surface area contributed by atoms with E-state index in [1.807, 2.05) is 0 Å². The van der Waals surface area contributed by atoms with Gasteiger partial charge in [-0.15, -0.1) is 0 Å². The number of hydrogen-bond acceptors (Lipinski definition) is 6. The molecule has 6 nitrogen and oxygen atoms in total. The molecule has 19 heavy (non-hydrogen) atoms. The Morgan fingerprint density at radius 2 is 1.79 bits per heavy atom. The van der Waals surface area contributed by atoms with Gasteiger partial charge in [0.15, 0.2) is 6.10 Å². The van der Waals surface area contributed by atoms with Crippen LogP contribution in [0.5, 0.6) is 5.75 Å². The molecule has 0 saturated carbocycles. The van der Waals surface area contributed by atoms with Crippen LogP contribution in [-0.2, 0) is 30.2 Å². The zero-order valence-corrected chi connectivity index (χ0v) is 10.8. The van der Waals surface area contributed by atoms with Crippen LogP contribution in [-0.4, -0.2) is 44.0 Å². The average molecular weight is 268 g/mol. The fraction of sp³-hybridized carbons (Fsp3) is 0.385. The van der Waals surface area contributed by atoms with Crippen molar-refractivity contribution in [1.29, 1.82) is 0 Å². The normalized spacial score (nSPS) is 11.7. The first-order valence-electron chi connectivity index (χ1n) is 5.61. The van der Waals surface area contributed by atoms with Crippen molar-refractivity contribution in [2.24, 2.45) is 0 Å². The summed E-state index contributed by atoms with van der Waals surface area (Å²) < 4.78 is 14.2. The lowest BCUT2D eigenvalue weighted by Gasteiger charge is -2.15. The third kappa shape index (κ3) is 4.97. The first-order valence-corrected chi connectivity index (χ1v) is 5.61. The van der Waals surface area contributed by atoms with E-state index in [2.05, 4.69) is 9.47 Å². The summed E-state index contributed by atoms with van der Waals surface area (Å²) in [7, 11) is 2.48. The number of ether oxygens (including phenoxy) is 3. The number of esters is 2. The van der Waals surface area contributed by atoms with Gasteiger partial charge in [0, 0.05) is 6.42 Å². The van der Waals surface area contributed by atoms with E-state index >= 15 is 0 Å². The third-order valence-corrected chi connectivity index (χ3v) is 2.45. The molecule has 0 aromatic heterocycles. The second-order valence-corrected chi connectivity index (χ2v) is 3.77. The topological polar surface area (TPSA) is 82.1 Å². The molecule has 1 rings (SSSR count). The van der Waals surface area contributed by atoms with Crippen LogP contribution in [0.4, 0.5) is 0 Å². The Morgan fingerprint density at radius 1 is 1.16 bits per heavy atom. The number of carbonyl (C=O) groups is 2. The number of carbonyl (C=O) groups excluding carboxylic acids is 2. The largest absolute Gasteiger partial charge is 0.508 e. The van der Waals surface area contributed by atoms with Gasteiger partial charge in [0.05, 0.1) is 14.2 Å². The maximum atomic E-state index is 11.5. The van der Waals surface area contributed by atoms with Crippen molar-refractivity contribution in [2.75, 3.05) is 20.8 Å². The van der Waals surface area contributed by atoms with E-state index in [1.165, 1.54) is 26.4 Å². The predicted molar refractivity (Wildman–Crippen MR) is 65.6 cm³/mol. The lowest BCUT2D eigenvalue weighted by molar-refractivity contribution is -0.160. The van der Waals surface area contributed by atoms with Crippen LogP contribution in [0, 0.1) is 0 Å². The molecule has 0 amide bonds. The van der Waals surface area contributed by atoms with E-state index < -0.39 is 18.0 Å². The van der Waals surface area contributed by atoms with Gasteiger partial charge in [-0.25, -0.2) is 9.59 Å². The van der Waals surface area contributed by atoms with Gasteiger partial charge in [-0.3, -0.25) is 0 Å². The molecule has 1 aromatic rings. The van der Waals surface area contributed by atoms with E-state index in [0.717, 1.165) is 5.56 Å². The highest BCUT2D eigenvalue weighted by molar-refractivity contribution is 5.76. The van der Waals surface area contributed by atoms with Crippen molar-refractivity contribution >= 4 is 11.9 Å². The number of benzene rings is 1. The molecule has 0 aliphatic carbocycles. The fourth-order valence-electron chi connectivity index (χ4n) is 1.42. The maximum absolute atomic E-state index is 11.5. The van der Waals surface area contributed by atoms with Gasteiger partial charge < -0.3 is 19.3 Å². The molecular formula is C13H16O6. The molecule has 0 radical (unpaired) electrons. The summed E-state index contributed by atoms with van der Waals surface area (Å²) in [5.41, 5.74) is 0.776. The van der Waals surface area contributed by atoms with Gasteiger partial charge in [-0.1, -0.05) is 12.1 Å². The van der Waals surface area contributed by atoms with Gasteiger partial charge in [0.2, 0.25) is 0 Å². The Bertz CT molecular complexity index is 425. The molecule has 0 aliphatic rings. The molecule has 1 aromatic carbocycles. The molecular weight excluding hydrogens is 252 g/mol. The van der Waals surface area contributed by atoms with Crippen molar-refractivity contribution in [1.82, 2.24) is 0 Å². The van der Waals surface area contributed by atoms with Crippen molar-refractivity contribution in [3.05, 3.63) is 29.8 Å². The van der Waals surface area contributed by atoms with E-state index in [9.17, 15) is 14.7 Å². The number of phenolic OH excluding ortho intramolecular Hbond substituents is 1. The van der Waals surface area contributed by atoms with Gasteiger partial charge >= 0.3 is 11.9 Å². The predicted octanol–water partition coefficient (Wildman–Crippen LogP) is 0.666. The number of rotatable bonds is 6. The summed E-state index contributed by atoms with van der Waals surface area (Å²) in [5, 5.41) is 9.17. The Morgan fingerprint density at radius 3 is 2.32 bits per heavy atom. The third-order valence-electron chi connectivity index (χ3n) is 2.45. The lowest BCUT2D eigenvalue weighted by Crippen LogP contribution is -2.30. The molecule has 0 spiro atoms. The molecule has 1 N–H and O–H groups in total. The highest BCUT2D eigenvalue weighted by Crippen LogP contribution is 2.13. The molecule has 0 saturated heterocycles. The minimum absolute atomic E-state index is 0.133. The van der Waals surface area contributed by atoms with Crippen molar-refractivity contribution < 1.29 is 28.9 Å². The van der Waals surface area contributed by atoms with Gasteiger partial charge in [-0.05, 0) is 17.7 Å². The highest BCUT2D eigenvalue weighted by Gasteiger charge is 2.21. The van der Waals surface area contributed by atoms with Gasteiger partial charge in [0.25, 0.3) is 0 Å². The van der Waals surface area contributed by atoms with Gasteiger partial charge in [-0.2, -0.15) is 0 Å². The lowest BCUT2D eigenvalue weighted by atomic mass is 10.1. The second-order valence-electron chi connectivity index (χ2n) is 3.77. The van der Waals surface area contributed by atoms with Crippen LogP contribution in [0.25, 0.3) is 0 Å². The summed E-state index contributed by atoms with van der Waals surface area (Å²) in [4.78, 5) is 22.5. The Labute approximate surface area is 110 Å². The molecule has 1 unspecified atom stereocenters. The second kappa shape index (κ2) is 7.38. The quantitative estimate of drug-likeness (QED) is 0.763. The Kier molecular flexibility index (Phi) is 5.81. The zero-order valence-electron chi connectivity index (χ0n) is 10.8. The fourth-order valence-corrected chi connectivity index (χ4v) is 1.42. The van der Waals surface area contributed by atoms with Crippen LogP contribution < -0.4 is 0 Å². The maximum Gasteiger partial charge on any atom is 0.335 e. The summed E-state index contributed by atoms with van der Waals surface area (Å²) in [6.07, 6.45) is -0.655.